The Hall–Kier alpha value is -1.55. The molecule has 0 aromatic heterocycles. The lowest BCUT2D eigenvalue weighted by atomic mass is 9.92. The molecule has 22 heavy (non-hydrogen) atoms. The van der Waals surface area contributed by atoms with Crippen molar-refractivity contribution in [3.63, 3.8) is 0 Å². The molecule has 3 rings (SSSR count). The maximum absolute atomic E-state index is 12.8. The standard InChI is InChI=1S/C18H27N3O/c1-15-14-16(8-9-19-15)18(22)21-11-5-10-20(12-13-21)17-6-3-2-4-7-17/h2-4,6-7,15-16,19H,5,8-14H2,1H3/t15-,16-/m0/s1. The quantitative estimate of drug-likeness (QED) is 0.909. The minimum absolute atomic E-state index is 0.222. The number of hydrogen-bond acceptors (Lipinski definition) is 3. The molecule has 2 fully saturated rings. The lowest BCUT2D eigenvalue weighted by molar-refractivity contribution is -0.136. The van der Waals surface area contributed by atoms with Gasteiger partial charge in [0.15, 0.2) is 0 Å². The molecule has 0 unspecified atom stereocenters. The lowest BCUT2D eigenvalue weighted by Crippen LogP contribution is -2.45. The van der Waals surface area contributed by atoms with Gasteiger partial charge in [-0.25, -0.2) is 0 Å². The Morgan fingerprint density at radius 3 is 2.73 bits per heavy atom. The van der Waals surface area contributed by atoms with E-state index in [2.05, 4.69) is 52.4 Å². The smallest absolute Gasteiger partial charge is 0.225 e. The molecule has 1 aromatic rings. The summed E-state index contributed by atoms with van der Waals surface area (Å²) in [5, 5.41) is 3.43. The summed E-state index contributed by atoms with van der Waals surface area (Å²) in [7, 11) is 0. The fourth-order valence-electron chi connectivity index (χ4n) is 3.65. The molecule has 4 nitrogen and oxygen atoms in total. The van der Waals surface area contributed by atoms with Gasteiger partial charge < -0.3 is 15.1 Å². The van der Waals surface area contributed by atoms with E-state index in [1.807, 2.05) is 0 Å². The first-order chi connectivity index (χ1) is 10.7. The molecule has 0 radical (unpaired) electrons. The van der Waals surface area contributed by atoms with Crippen LogP contribution in [0.4, 0.5) is 5.69 Å². The predicted octanol–water partition coefficient (Wildman–Crippen LogP) is 2.11. The van der Waals surface area contributed by atoms with E-state index in [-0.39, 0.29) is 5.92 Å². The van der Waals surface area contributed by atoms with Crippen LogP contribution >= 0.6 is 0 Å². The van der Waals surface area contributed by atoms with Crippen LogP contribution in [0.25, 0.3) is 0 Å². The van der Waals surface area contributed by atoms with Crippen molar-refractivity contribution in [2.24, 2.45) is 5.92 Å². The van der Waals surface area contributed by atoms with Crippen LogP contribution in [0.15, 0.2) is 30.3 Å². The monoisotopic (exact) mass is 301 g/mol. The Bertz CT molecular complexity index is 490. The molecule has 4 heteroatoms. The van der Waals surface area contributed by atoms with Crippen LogP contribution in [0.1, 0.15) is 26.2 Å². The summed E-state index contributed by atoms with van der Waals surface area (Å²) in [4.78, 5) is 17.3. The van der Waals surface area contributed by atoms with Gasteiger partial charge in [0, 0.05) is 43.8 Å². The summed E-state index contributed by atoms with van der Waals surface area (Å²) in [6.45, 7) is 6.89. The number of carbonyl (C=O) groups excluding carboxylic acids is 1. The molecule has 2 saturated heterocycles. The number of piperidine rings is 1. The minimum atomic E-state index is 0.222. The largest absolute Gasteiger partial charge is 0.370 e. The second-order valence-corrected chi connectivity index (χ2v) is 6.58. The SMILES string of the molecule is C[C@H]1C[C@@H](C(=O)N2CCCN(c3ccccc3)CC2)CCN1. The summed E-state index contributed by atoms with van der Waals surface area (Å²) in [6, 6.07) is 11.0. The number of amides is 1. The minimum Gasteiger partial charge on any atom is -0.370 e. The molecule has 2 heterocycles. The van der Waals surface area contributed by atoms with Crippen molar-refractivity contribution in [1.82, 2.24) is 10.2 Å². The number of benzene rings is 1. The fourth-order valence-corrected chi connectivity index (χ4v) is 3.65. The van der Waals surface area contributed by atoms with Gasteiger partial charge in [0.05, 0.1) is 0 Å². The lowest BCUT2D eigenvalue weighted by Gasteiger charge is -2.31. The van der Waals surface area contributed by atoms with Gasteiger partial charge in [0.1, 0.15) is 0 Å². The summed E-state index contributed by atoms with van der Waals surface area (Å²) < 4.78 is 0. The highest BCUT2D eigenvalue weighted by atomic mass is 16.2. The third-order valence-electron chi connectivity index (χ3n) is 4.90. The van der Waals surface area contributed by atoms with Gasteiger partial charge >= 0.3 is 0 Å². The zero-order valence-corrected chi connectivity index (χ0v) is 13.5. The summed E-state index contributed by atoms with van der Waals surface area (Å²) in [5.74, 6) is 0.600. The second-order valence-electron chi connectivity index (χ2n) is 6.58. The Kier molecular flexibility index (Phi) is 4.98. The number of hydrogen-bond donors (Lipinski definition) is 1. The van der Waals surface area contributed by atoms with E-state index in [0.29, 0.717) is 11.9 Å². The Morgan fingerprint density at radius 1 is 1.14 bits per heavy atom. The number of rotatable bonds is 2. The van der Waals surface area contributed by atoms with E-state index >= 15 is 0 Å². The normalized spacial score (nSPS) is 26.6. The van der Waals surface area contributed by atoms with Gasteiger partial charge in [0.25, 0.3) is 0 Å². The van der Waals surface area contributed by atoms with E-state index in [9.17, 15) is 4.79 Å². The number of nitrogens with one attached hydrogen (secondary N) is 1. The van der Waals surface area contributed by atoms with Crippen LogP contribution in [-0.2, 0) is 4.79 Å². The van der Waals surface area contributed by atoms with E-state index in [1.165, 1.54) is 5.69 Å². The van der Waals surface area contributed by atoms with Crippen LogP contribution in [0.3, 0.4) is 0 Å². The average Bonchev–Trinajstić information content (AvgIpc) is 2.81. The summed E-state index contributed by atoms with van der Waals surface area (Å²) in [6.07, 6.45) is 3.03. The second kappa shape index (κ2) is 7.14. The molecular formula is C18H27N3O. The van der Waals surface area contributed by atoms with Gasteiger partial charge in [-0.05, 0) is 44.9 Å². The van der Waals surface area contributed by atoms with Crippen molar-refractivity contribution >= 4 is 11.6 Å². The molecule has 2 aliphatic heterocycles. The summed E-state index contributed by atoms with van der Waals surface area (Å²) >= 11 is 0. The van der Waals surface area contributed by atoms with Crippen molar-refractivity contribution in [2.45, 2.75) is 32.2 Å². The van der Waals surface area contributed by atoms with Gasteiger partial charge in [-0.15, -0.1) is 0 Å². The first-order valence-electron chi connectivity index (χ1n) is 8.56. The van der Waals surface area contributed by atoms with E-state index in [1.54, 1.807) is 0 Å². The molecule has 1 N–H and O–H groups in total. The highest BCUT2D eigenvalue weighted by molar-refractivity contribution is 5.79. The number of carbonyl (C=O) groups is 1. The van der Waals surface area contributed by atoms with Crippen LogP contribution < -0.4 is 10.2 Å². The first kappa shape index (κ1) is 15.3. The molecule has 0 saturated carbocycles. The molecule has 1 aromatic carbocycles. The van der Waals surface area contributed by atoms with Crippen LogP contribution in [-0.4, -0.2) is 49.6 Å². The van der Waals surface area contributed by atoms with Gasteiger partial charge in [0.2, 0.25) is 5.91 Å². The third kappa shape index (κ3) is 3.61. The van der Waals surface area contributed by atoms with Crippen LogP contribution in [0, 0.1) is 5.92 Å². The van der Waals surface area contributed by atoms with Gasteiger partial charge in [-0.1, -0.05) is 18.2 Å². The summed E-state index contributed by atoms with van der Waals surface area (Å²) in [5.41, 5.74) is 1.27. The van der Waals surface area contributed by atoms with Crippen LogP contribution in [0.5, 0.6) is 0 Å². The Morgan fingerprint density at radius 2 is 1.95 bits per heavy atom. The van der Waals surface area contributed by atoms with Gasteiger partial charge in [-0.3, -0.25) is 4.79 Å². The number of anilines is 1. The van der Waals surface area contributed by atoms with Crippen molar-refractivity contribution in [3.8, 4) is 0 Å². The highest BCUT2D eigenvalue weighted by Crippen LogP contribution is 2.21. The van der Waals surface area contributed by atoms with Crippen molar-refractivity contribution in [1.29, 1.82) is 0 Å². The average molecular weight is 301 g/mol. The van der Waals surface area contributed by atoms with E-state index < -0.39 is 0 Å². The Balaban J connectivity index is 1.59. The van der Waals surface area contributed by atoms with Gasteiger partial charge in [-0.2, -0.15) is 0 Å². The van der Waals surface area contributed by atoms with Crippen LogP contribution in [0.2, 0.25) is 0 Å². The number of para-hydroxylation sites is 1. The topological polar surface area (TPSA) is 35.6 Å². The number of nitrogens with zero attached hydrogens (tertiary/aromatic N) is 2. The zero-order chi connectivity index (χ0) is 15.4. The van der Waals surface area contributed by atoms with Crippen molar-refractivity contribution < 1.29 is 4.79 Å². The molecule has 2 atom stereocenters. The molecule has 1 amide bonds. The van der Waals surface area contributed by atoms with E-state index in [4.69, 9.17) is 0 Å². The molecule has 2 aliphatic rings. The maximum Gasteiger partial charge on any atom is 0.225 e. The first-order valence-corrected chi connectivity index (χ1v) is 8.56. The Labute approximate surface area is 133 Å². The maximum atomic E-state index is 12.8. The van der Waals surface area contributed by atoms with Crippen molar-refractivity contribution in [2.75, 3.05) is 37.6 Å². The predicted molar refractivity (Wildman–Crippen MR) is 90.0 cm³/mol. The third-order valence-corrected chi connectivity index (χ3v) is 4.90. The van der Waals surface area contributed by atoms with E-state index in [0.717, 1.165) is 52.0 Å². The molecule has 0 spiro atoms. The molecule has 0 bridgehead atoms. The fraction of sp³-hybridized carbons (Fsp3) is 0.611. The zero-order valence-electron chi connectivity index (χ0n) is 13.5. The molecular weight excluding hydrogens is 274 g/mol. The molecule has 120 valence electrons. The molecule has 0 aliphatic carbocycles. The van der Waals surface area contributed by atoms with Crippen molar-refractivity contribution in [3.05, 3.63) is 30.3 Å². The highest BCUT2D eigenvalue weighted by Gasteiger charge is 2.29.